The van der Waals surface area contributed by atoms with E-state index in [1.807, 2.05) is 0 Å². The first-order valence-electron chi connectivity index (χ1n) is 5.47. The molecule has 0 radical (unpaired) electrons. The molecule has 0 bridgehead atoms. The Kier molecular flexibility index (Phi) is 3.07. The average molecular weight is 246 g/mol. The molecule has 2 fully saturated rings. The maximum atomic E-state index is 11.1. The molecule has 1 aliphatic heterocycles. The number of rotatable bonds is 4. The number of nitrogens with zero attached hydrogens (tertiary/aromatic N) is 2. The van der Waals surface area contributed by atoms with E-state index in [2.05, 4.69) is 10.3 Å². The highest BCUT2D eigenvalue weighted by Crippen LogP contribution is 2.19. The summed E-state index contributed by atoms with van der Waals surface area (Å²) in [4.78, 5) is 4.20. The van der Waals surface area contributed by atoms with Crippen LogP contribution in [0, 0.1) is 5.92 Å². The normalized spacial score (nSPS) is 24.2. The summed E-state index contributed by atoms with van der Waals surface area (Å²) in [5, 5.41) is 3.09. The van der Waals surface area contributed by atoms with Crippen LogP contribution in [-0.2, 0) is 10.0 Å². The fraction of sp³-hybridized carbons (Fsp3) is 0.889. The van der Waals surface area contributed by atoms with Crippen molar-refractivity contribution in [1.82, 2.24) is 9.62 Å². The van der Waals surface area contributed by atoms with E-state index in [0.717, 1.165) is 0 Å². The predicted molar refractivity (Wildman–Crippen MR) is 62.6 cm³/mol. The van der Waals surface area contributed by atoms with Crippen molar-refractivity contribution in [3.8, 4) is 0 Å². The van der Waals surface area contributed by atoms with Gasteiger partial charge in [-0.1, -0.05) is 0 Å². The molecule has 0 amide bonds. The van der Waals surface area contributed by atoms with Gasteiger partial charge in [0.25, 0.3) is 0 Å². The highest BCUT2D eigenvalue weighted by atomic mass is 32.2. The molecular weight excluding hydrogens is 228 g/mol. The Morgan fingerprint density at radius 1 is 1.50 bits per heavy atom. The van der Waals surface area contributed by atoms with Gasteiger partial charge < -0.3 is 11.1 Å². The summed E-state index contributed by atoms with van der Waals surface area (Å²) in [7, 11) is -3.01. The lowest BCUT2D eigenvalue weighted by Crippen LogP contribution is -2.50. The number of hydrogen-bond acceptors (Lipinski definition) is 3. The minimum absolute atomic E-state index is 0.314. The largest absolute Gasteiger partial charge is 0.370 e. The van der Waals surface area contributed by atoms with Crippen LogP contribution in [0.4, 0.5) is 0 Å². The van der Waals surface area contributed by atoms with Crippen LogP contribution in [0.2, 0.25) is 0 Å². The second-order valence-electron chi connectivity index (χ2n) is 4.59. The average Bonchev–Trinajstić information content (AvgIpc) is 2.82. The summed E-state index contributed by atoms with van der Waals surface area (Å²) in [6, 6.07) is 0.512. The highest BCUT2D eigenvalue weighted by molar-refractivity contribution is 7.88. The van der Waals surface area contributed by atoms with Gasteiger partial charge in [0.1, 0.15) is 0 Å². The number of nitrogens with one attached hydrogen (secondary N) is 1. The summed E-state index contributed by atoms with van der Waals surface area (Å²) in [6.07, 6.45) is 3.57. The predicted octanol–water partition coefficient (Wildman–Crippen LogP) is -1.06. The molecule has 0 aromatic rings. The first-order valence-corrected chi connectivity index (χ1v) is 7.31. The molecule has 0 spiro atoms. The van der Waals surface area contributed by atoms with Crippen LogP contribution in [0.15, 0.2) is 4.99 Å². The van der Waals surface area contributed by atoms with Crippen LogP contribution >= 0.6 is 0 Å². The fourth-order valence-corrected chi connectivity index (χ4v) is 2.58. The summed E-state index contributed by atoms with van der Waals surface area (Å²) in [5.41, 5.74) is 5.67. The molecule has 1 aliphatic carbocycles. The number of hydrogen-bond donors (Lipinski definition) is 2. The number of aliphatic imine (C=N–C) groups is 1. The molecule has 0 unspecified atom stereocenters. The molecular formula is C9H18N4O2S. The molecule has 7 heteroatoms. The first-order chi connectivity index (χ1) is 7.45. The third kappa shape index (κ3) is 3.08. The van der Waals surface area contributed by atoms with E-state index in [1.54, 1.807) is 0 Å². The van der Waals surface area contributed by atoms with Gasteiger partial charge in [-0.15, -0.1) is 0 Å². The summed E-state index contributed by atoms with van der Waals surface area (Å²) >= 11 is 0. The Balaban J connectivity index is 1.69. The summed E-state index contributed by atoms with van der Waals surface area (Å²) in [5.74, 6) is 0.801. The highest BCUT2D eigenvalue weighted by Gasteiger charge is 2.32. The number of nitrogens with two attached hydrogens (primary N) is 1. The van der Waals surface area contributed by atoms with Crippen molar-refractivity contribution in [2.45, 2.75) is 18.9 Å². The molecule has 2 rings (SSSR count). The van der Waals surface area contributed by atoms with E-state index in [-0.39, 0.29) is 0 Å². The second-order valence-corrected chi connectivity index (χ2v) is 6.57. The van der Waals surface area contributed by atoms with Gasteiger partial charge in [0, 0.05) is 31.6 Å². The molecule has 0 atom stereocenters. The van der Waals surface area contributed by atoms with Crippen molar-refractivity contribution in [2.75, 3.05) is 25.9 Å². The Bertz CT molecular complexity index is 382. The van der Waals surface area contributed by atoms with Crippen molar-refractivity contribution >= 4 is 16.0 Å². The molecule has 92 valence electrons. The molecule has 1 saturated carbocycles. The number of guanidine groups is 1. The van der Waals surface area contributed by atoms with Gasteiger partial charge in [0.2, 0.25) is 10.0 Å². The first kappa shape index (κ1) is 11.7. The lowest BCUT2D eigenvalue weighted by molar-refractivity contribution is 0.209. The SMILES string of the molecule is CS(=O)(=O)N1CC(CN=C(N)NC2CC2)C1. The fourth-order valence-electron chi connectivity index (χ4n) is 1.62. The van der Waals surface area contributed by atoms with Gasteiger partial charge >= 0.3 is 0 Å². The van der Waals surface area contributed by atoms with Crippen molar-refractivity contribution < 1.29 is 8.42 Å². The summed E-state index contributed by atoms with van der Waals surface area (Å²) < 4.78 is 23.7. The third-order valence-electron chi connectivity index (χ3n) is 2.84. The van der Waals surface area contributed by atoms with E-state index in [9.17, 15) is 8.42 Å². The van der Waals surface area contributed by atoms with Crippen LogP contribution in [0.1, 0.15) is 12.8 Å². The molecule has 6 nitrogen and oxygen atoms in total. The Hall–Kier alpha value is -0.820. The monoisotopic (exact) mass is 246 g/mol. The maximum absolute atomic E-state index is 11.1. The van der Waals surface area contributed by atoms with Gasteiger partial charge in [-0.3, -0.25) is 4.99 Å². The minimum atomic E-state index is -3.01. The molecule has 2 aliphatic rings. The lowest BCUT2D eigenvalue weighted by Gasteiger charge is -2.36. The van der Waals surface area contributed by atoms with Crippen molar-refractivity contribution in [3.05, 3.63) is 0 Å². The molecule has 1 heterocycles. The van der Waals surface area contributed by atoms with Crippen LogP contribution in [0.5, 0.6) is 0 Å². The van der Waals surface area contributed by atoms with Gasteiger partial charge in [0.15, 0.2) is 5.96 Å². The van der Waals surface area contributed by atoms with Crippen LogP contribution < -0.4 is 11.1 Å². The van der Waals surface area contributed by atoms with E-state index in [4.69, 9.17) is 5.73 Å². The van der Waals surface area contributed by atoms with Gasteiger partial charge in [-0.2, -0.15) is 0 Å². The smallest absolute Gasteiger partial charge is 0.211 e. The van der Waals surface area contributed by atoms with E-state index < -0.39 is 10.0 Å². The van der Waals surface area contributed by atoms with Crippen molar-refractivity contribution in [1.29, 1.82) is 0 Å². The molecule has 3 N–H and O–H groups in total. The van der Waals surface area contributed by atoms with E-state index >= 15 is 0 Å². The molecule has 0 aromatic carbocycles. The lowest BCUT2D eigenvalue weighted by atomic mass is 10.0. The Labute approximate surface area is 96.0 Å². The van der Waals surface area contributed by atoms with E-state index in [1.165, 1.54) is 23.4 Å². The van der Waals surface area contributed by atoms with E-state index in [0.29, 0.717) is 37.6 Å². The summed E-state index contributed by atoms with van der Waals surface area (Å²) in [6.45, 7) is 1.75. The van der Waals surface area contributed by atoms with Crippen LogP contribution in [-0.4, -0.2) is 50.6 Å². The zero-order chi connectivity index (χ0) is 11.8. The topological polar surface area (TPSA) is 87.8 Å². The quantitative estimate of drug-likeness (QED) is 0.489. The van der Waals surface area contributed by atoms with Crippen molar-refractivity contribution in [3.63, 3.8) is 0 Å². The zero-order valence-electron chi connectivity index (χ0n) is 9.39. The van der Waals surface area contributed by atoms with Gasteiger partial charge in [-0.05, 0) is 12.8 Å². The third-order valence-corrected chi connectivity index (χ3v) is 4.08. The Morgan fingerprint density at radius 3 is 2.62 bits per heavy atom. The zero-order valence-corrected chi connectivity index (χ0v) is 10.2. The van der Waals surface area contributed by atoms with Crippen molar-refractivity contribution in [2.24, 2.45) is 16.6 Å². The van der Waals surface area contributed by atoms with Gasteiger partial charge in [-0.25, -0.2) is 12.7 Å². The second kappa shape index (κ2) is 4.21. The van der Waals surface area contributed by atoms with Gasteiger partial charge in [0.05, 0.1) is 6.26 Å². The van der Waals surface area contributed by atoms with Crippen LogP contribution in [0.25, 0.3) is 0 Å². The minimum Gasteiger partial charge on any atom is -0.370 e. The maximum Gasteiger partial charge on any atom is 0.211 e. The standard InChI is InChI=1S/C9H18N4O2S/c1-16(14,15)13-5-7(6-13)4-11-9(10)12-8-2-3-8/h7-8H,2-6H2,1H3,(H3,10,11,12). The molecule has 1 saturated heterocycles. The van der Waals surface area contributed by atoms with Crippen LogP contribution in [0.3, 0.4) is 0 Å². The number of sulfonamides is 1. The Morgan fingerprint density at radius 2 is 2.12 bits per heavy atom. The molecule has 16 heavy (non-hydrogen) atoms. The molecule has 0 aromatic heterocycles.